The molecule has 0 saturated heterocycles. The number of phenols is 1. The molecule has 1 aliphatic rings. The van der Waals surface area contributed by atoms with Crippen LogP contribution >= 0.6 is 0 Å². The molecule has 2 rings (SSSR count). The maximum Gasteiger partial charge on any atom is 0.119 e. The van der Waals surface area contributed by atoms with Gasteiger partial charge in [0.1, 0.15) is 5.75 Å². The molecule has 1 aromatic rings. The molecule has 0 spiro atoms. The highest BCUT2D eigenvalue weighted by atomic mass is 16.3. The lowest BCUT2D eigenvalue weighted by molar-refractivity contribution is 0.466. The third-order valence-electron chi connectivity index (χ3n) is 3.19. The molecule has 1 aromatic carbocycles. The van der Waals surface area contributed by atoms with Gasteiger partial charge in [-0.1, -0.05) is 6.07 Å². The van der Waals surface area contributed by atoms with Crippen LogP contribution < -0.4 is 5.73 Å². The van der Waals surface area contributed by atoms with Gasteiger partial charge in [-0.3, -0.25) is 0 Å². The largest absolute Gasteiger partial charge is 0.508 e. The van der Waals surface area contributed by atoms with Gasteiger partial charge in [-0.25, -0.2) is 0 Å². The summed E-state index contributed by atoms with van der Waals surface area (Å²) in [4.78, 5) is 0. The highest BCUT2D eigenvalue weighted by molar-refractivity contribution is 5.44. The summed E-state index contributed by atoms with van der Waals surface area (Å²) in [6, 6.07) is 4.15. The molecule has 0 fully saturated rings. The molecule has 0 heterocycles. The zero-order chi connectivity index (χ0) is 10.7. The lowest BCUT2D eigenvalue weighted by atomic mass is 10.0. The van der Waals surface area contributed by atoms with Gasteiger partial charge in [0.15, 0.2) is 0 Å². The van der Waals surface area contributed by atoms with E-state index >= 15 is 0 Å². The van der Waals surface area contributed by atoms with Gasteiger partial charge in [0.25, 0.3) is 0 Å². The second-order valence-corrected chi connectivity index (χ2v) is 4.35. The Morgan fingerprint density at radius 1 is 1.13 bits per heavy atom. The Labute approximate surface area is 91.1 Å². The molecule has 0 radical (unpaired) electrons. The first-order chi connectivity index (χ1) is 7.31. The van der Waals surface area contributed by atoms with Crippen LogP contribution in [-0.2, 0) is 19.3 Å². The minimum absolute atomic E-state index is 0.479. The fraction of sp³-hybridized carbons (Fsp3) is 0.538. The average molecular weight is 205 g/mol. The number of aryl methyl sites for hydroxylation is 3. The van der Waals surface area contributed by atoms with Crippen molar-refractivity contribution in [2.75, 3.05) is 6.54 Å². The van der Waals surface area contributed by atoms with Crippen molar-refractivity contribution in [1.82, 2.24) is 0 Å². The van der Waals surface area contributed by atoms with Gasteiger partial charge < -0.3 is 10.8 Å². The summed E-state index contributed by atoms with van der Waals surface area (Å²) in [5, 5.41) is 9.84. The fourth-order valence-electron chi connectivity index (χ4n) is 2.32. The second kappa shape index (κ2) is 4.67. The minimum atomic E-state index is 0.479. The zero-order valence-electron chi connectivity index (χ0n) is 9.13. The van der Waals surface area contributed by atoms with Crippen LogP contribution in [0.4, 0.5) is 0 Å². The van der Waals surface area contributed by atoms with Gasteiger partial charge in [-0.15, -0.1) is 0 Å². The molecule has 2 nitrogen and oxygen atoms in total. The normalized spacial score (nSPS) is 14.2. The molecular weight excluding hydrogens is 186 g/mol. The van der Waals surface area contributed by atoms with E-state index in [1.165, 1.54) is 24.0 Å². The molecule has 0 saturated carbocycles. The van der Waals surface area contributed by atoms with Crippen molar-refractivity contribution in [2.45, 2.75) is 38.5 Å². The quantitative estimate of drug-likeness (QED) is 0.740. The lowest BCUT2D eigenvalue weighted by Gasteiger charge is -2.07. The molecule has 0 bridgehead atoms. The number of hydrogen-bond acceptors (Lipinski definition) is 2. The maximum absolute atomic E-state index is 9.84. The van der Waals surface area contributed by atoms with Crippen LogP contribution in [0.15, 0.2) is 12.1 Å². The topological polar surface area (TPSA) is 46.2 Å². The number of benzene rings is 1. The molecule has 0 aliphatic heterocycles. The van der Waals surface area contributed by atoms with E-state index in [4.69, 9.17) is 5.73 Å². The highest BCUT2D eigenvalue weighted by Crippen LogP contribution is 2.29. The van der Waals surface area contributed by atoms with Crippen molar-refractivity contribution in [3.05, 3.63) is 28.8 Å². The van der Waals surface area contributed by atoms with Crippen LogP contribution in [0.5, 0.6) is 5.75 Å². The Morgan fingerprint density at radius 3 is 2.60 bits per heavy atom. The van der Waals surface area contributed by atoms with Gasteiger partial charge in [0.2, 0.25) is 0 Å². The summed E-state index contributed by atoms with van der Waals surface area (Å²) >= 11 is 0. The Kier molecular flexibility index (Phi) is 3.27. The first-order valence-electron chi connectivity index (χ1n) is 5.85. The standard InChI is InChI=1S/C13H19NO/c14-7-2-1-4-12-8-10-5-3-6-11(10)9-13(12)15/h8-9,15H,1-7,14H2. The number of hydrogen-bond donors (Lipinski definition) is 2. The summed E-state index contributed by atoms with van der Waals surface area (Å²) in [6.45, 7) is 0.742. The molecule has 82 valence electrons. The first-order valence-corrected chi connectivity index (χ1v) is 5.85. The van der Waals surface area contributed by atoms with E-state index in [2.05, 4.69) is 6.07 Å². The minimum Gasteiger partial charge on any atom is -0.508 e. The van der Waals surface area contributed by atoms with E-state index in [9.17, 15) is 5.11 Å². The van der Waals surface area contributed by atoms with E-state index in [1.807, 2.05) is 6.07 Å². The van der Waals surface area contributed by atoms with Gasteiger partial charge in [-0.2, -0.15) is 0 Å². The van der Waals surface area contributed by atoms with Gasteiger partial charge in [0.05, 0.1) is 0 Å². The Balaban J connectivity index is 2.10. The van der Waals surface area contributed by atoms with Crippen molar-refractivity contribution in [1.29, 1.82) is 0 Å². The van der Waals surface area contributed by atoms with E-state index in [0.717, 1.165) is 37.8 Å². The monoisotopic (exact) mass is 205 g/mol. The van der Waals surface area contributed by atoms with Gasteiger partial charge in [0, 0.05) is 0 Å². The number of nitrogens with two attached hydrogens (primary N) is 1. The number of rotatable bonds is 4. The van der Waals surface area contributed by atoms with Crippen LogP contribution in [0.25, 0.3) is 0 Å². The molecule has 0 unspecified atom stereocenters. The molecule has 15 heavy (non-hydrogen) atoms. The molecule has 3 N–H and O–H groups in total. The molecule has 1 aliphatic carbocycles. The average Bonchev–Trinajstić information content (AvgIpc) is 2.65. The predicted octanol–water partition coefficient (Wildman–Crippen LogP) is 2.16. The van der Waals surface area contributed by atoms with Crippen LogP contribution in [0.1, 0.15) is 36.0 Å². The fourth-order valence-corrected chi connectivity index (χ4v) is 2.32. The summed E-state index contributed by atoms with van der Waals surface area (Å²) in [7, 11) is 0. The summed E-state index contributed by atoms with van der Waals surface area (Å²) in [6.07, 6.45) is 6.61. The Morgan fingerprint density at radius 2 is 1.87 bits per heavy atom. The van der Waals surface area contributed by atoms with E-state index in [-0.39, 0.29) is 0 Å². The first kappa shape index (κ1) is 10.5. The van der Waals surface area contributed by atoms with Crippen LogP contribution in [-0.4, -0.2) is 11.7 Å². The van der Waals surface area contributed by atoms with Crippen molar-refractivity contribution >= 4 is 0 Å². The third-order valence-corrected chi connectivity index (χ3v) is 3.19. The zero-order valence-corrected chi connectivity index (χ0v) is 9.13. The number of fused-ring (bicyclic) bond motifs is 1. The maximum atomic E-state index is 9.84. The number of phenolic OH excluding ortho intramolecular Hbond substituents is 1. The summed E-state index contributed by atoms with van der Waals surface area (Å²) < 4.78 is 0. The van der Waals surface area contributed by atoms with Crippen molar-refractivity contribution in [3.8, 4) is 5.75 Å². The summed E-state index contributed by atoms with van der Waals surface area (Å²) in [5.74, 6) is 0.479. The molecule has 0 aromatic heterocycles. The molecule has 0 amide bonds. The number of unbranched alkanes of at least 4 members (excludes halogenated alkanes) is 1. The van der Waals surface area contributed by atoms with Gasteiger partial charge >= 0.3 is 0 Å². The van der Waals surface area contributed by atoms with E-state index < -0.39 is 0 Å². The Bertz CT molecular complexity index is 347. The third kappa shape index (κ3) is 2.32. The summed E-state index contributed by atoms with van der Waals surface area (Å²) in [5.41, 5.74) is 9.34. The smallest absolute Gasteiger partial charge is 0.119 e. The van der Waals surface area contributed by atoms with Crippen molar-refractivity contribution in [2.24, 2.45) is 5.73 Å². The van der Waals surface area contributed by atoms with Crippen LogP contribution in [0, 0.1) is 0 Å². The van der Waals surface area contributed by atoms with Crippen LogP contribution in [0.2, 0.25) is 0 Å². The second-order valence-electron chi connectivity index (χ2n) is 4.35. The van der Waals surface area contributed by atoms with Crippen molar-refractivity contribution in [3.63, 3.8) is 0 Å². The molecule has 2 heteroatoms. The lowest BCUT2D eigenvalue weighted by Crippen LogP contribution is -1.99. The SMILES string of the molecule is NCCCCc1cc2c(cc1O)CCC2. The van der Waals surface area contributed by atoms with Crippen LogP contribution in [0.3, 0.4) is 0 Å². The molecular formula is C13H19NO. The van der Waals surface area contributed by atoms with E-state index in [1.54, 1.807) is 0 Å². The molecule has 0 atom stereocenters. The van der Waals surface area contributed by atoms with Crippen molar-refractivity contribution < 1.29 is 5.11 Å². The van der Waals surface area contributed by atoms with Gasteiger partial charge in [-0.05, 0) is 67.8 Å². The number of aromatic hydroxyl groups is 1. The predicted molar refractivity (Wildman–Crippen MR) is 62.1 cm³/mol. The Hall–Kier alpha value is -1.02. The highest BCUT2D eigenvalue weighted by Gasteiger charge is 2.13. The van der Waals surface area contributed by atoms with E-state index in [0.29, 0.717) is 5.75 Å².